The highest BCUT2D eigenvalue weighted by molar-refractivity contribution is 5.87. The molecule has 0 radical (unpaired) electrons. The van der Waals surface area contributed by atoms with Gasteiger partial charge in [0, 0.05) is 18.5 Å². The minimum atomic E-state index is -4.39. The Kier molecular flexibility index (Phi) is 6.26. The van der Waals surface area contributed by atoms with Crippen LogP contribution in [0.2, 0.25) is 0 Å². The number of aromatic nitrogens is 2. The fourth-order valence-corrected chi connectivity index (χ4v) is 4.55. The highest BCUT2D eigenvalue weighted by Crippen LogP contribution is 2.33. The Labute approximate surface area is 205 Å². The van der Waals surface area contributed by atoms with Crippen molar-refractivity contribution in [3.05, 3.63) is 77.7 Å². The average Bonchev–Trinajstić information content (AvgIpc) is 3.53. The van der Waals surface area contributed by atoms with Gasteiger partial charge in [0.2, 0.25) is 11.7 Å². The first kappa shape index (κ1) is 23.7. The van der Waals surface area contributed by atoms with Crippen LogP contribution in [0, 0.1) is 5.41 Å². The number of hydrogen-bond acceptors (Lipinski definition) is 5. The first-order chi connectivity index (χ1) is 17.3. The third-order valence-corrected chi connectivity index (χ3v) is 6.32. The zero-order chi connectivity index (χ0) is 25.3. The fourth-order valence-electron chi connectivity index (χ4n) is 4.55. The maximum Gasteiger partial charge on any atom is 0.416 e. The van der Waals surface area contributed by atoms with Crippen molar-refractivity contribution in [2.24, 2.45) is 5.73 Å². The summed E-state index contributed by atoms with van der Waals surface area (Å²) in [5.74, 6) is 1.46. The number of ether oxygens (including phenoxy) is 1. The van der Waals surface area contributed by atoms with E-state index >= 15 is 0 Å². The van der Waals surface area contributed by atoms with Gasteiger partial charge in [-0.1, -0.05) is 41.6 Å². The Hall–Kier alpha value is -4.08. The molecule has 1 aliphatic heterocycles. The number of nitrogens with zero attached hydrogens (tertiary/aromatic N) is 3. The summed E-state index contributed by atoms with van der Waals surface area (Å²) in [6.45, 7) is 0.813. The molecule has 3 N–H and O–H groups in total. The van der Waals surface area contributed by atoms with Crippen LogP contribution in [0.3, 0.4) is 0 Å². The van der Waals surface area contributed by atoms with Crippen LogP contribution in [0.1, 0.15) is 35.9 Å². The highest BCUT2D eigenvalue weighted by atomic mass is 19.4. The van der Waals surface area contributed by atoms with Crippen molar-refractivity contribution in [1.82, 2.24) is 15.0 Å². The Balaban J connectivity index is 1.28. The number of nitrogens with two attached hydrogens (primary N) is 1. The van der Waals surface area contributed by atoms with Crippen molar-refractivity contribution in [1.29, 1.82) is 5.41 Å². The van der Waals surface area contributed by atoms with Gasteiger partial charge in [0.15, 0.2) is 5.96 Å². The van der Waals surface area contributed by atoms with Crippen LogP contribution in [0.25, 0.3) is 22.2 Å². The summed E-state index contributed by atoms with van der Waals surface area (Å²) in [6, 6.07) is 16.6. The molecule has 3 aromatic carbocycles. The van der Waals surface area contributed by atoms with Crippen LogP contribution >= 0.6 is 0 Å². The molecule has 4 aromatic rings. The van der Waals surface area contributed by atoms with Crippen molar-refractivity contribution in [3.8, 4) is 17.1 Å². The van der Waals surface area contributed by atoms with E-state index in [0.717, 1.165) is 35.2 Å². The van der Waals surface area contributed by atoms with Crippen molar-refractivity contribution in [2.75, 3.05) is 13.2 Å². The third kappa shape index (κ3) is 4.84. The molecule has 0 bridgehead atoms. The Morgan fingerprint density at radius 3 is 2.69 bits per heavy atom. The molecule has 0 spiro atoms. The summed E-state index contributed by atoms with van der Waals surface area (Å²) < 4.78 is 50.8. The minimum absolute atomic E-state index is 0.00876. The van der Waals surface area contributed by atoms with E-state index in [0.29, 0.717) is 24.0 Å². The Morgan fingerprint density at radius 1 is 1.11 bits per heavy atom. The summed E-state index contributed by atoms with van der Waals surface area (Å²) in [7, 11) is 0. The number of likely N-dealkylation sites (tertiary alicyclic amines) is 1. The second kappa shape index (κ2) is 9.52. The van der Waals surface area contributed by atoms with Gasteiger partial charge in [0.25, 0.3) is 0 Å². The lowest BCUT2D eigenvalue weighted by molar-refractivity contribution is -0.138. The van der Waals surface area contributed by atoms with Crippen molar-refractivity contribution in [2.45, 2.75) is 31.5 Å². The molecule has 0 amide bonds. The van der Waals surface area contributed by atoms with Gasteiger partial charge in [-0.05, 0) is 53.4 Å². The first-order valence-corrected chi connectivity index (χ1v) is 11.6. The van der Waals surface area contributed by atoms with E-state index in [1.54, 1.807) is 17.0 Å². The molecular weight excluding hydrogens is 471 g/mol. The monoisotopic (exact) mass is 495 g/mol. The van der Waals surface area contributed by atoms with E-state index in [-0.39, 0.29) is 30.6 Å². The molecule has 0 aliphatic carbocycles. The summed E-state index contributed by atoms with van der Waals surface area (Å²) in [5.41, 5.74) is 6.02. The van der Waals surface area contributed by atoms with Crippen LogP contribution in [0.15, 0.2) is 65.2 Å². The van der Waals surface area contributed by atoms with E-state index in [1.165, 1.54) is 12.1 Å². The molecule has 186 valence electrons. The van der Waals surface area contributed by atoms with Gasteiger partial charge in [-0.2, -0.15) is 18.2 Å². The quantitative estimate of drug-likeness (QED) is 0.268. The SMILES string of the molecule is N=C(N)N1CCCC1c1nc(-c2ccc3cc(OCCc4ccccc4C(F)(F)F)ccc3c2)no1. The van der Waals surface area contributed by atoms with Crippen molar-refractivity contribution < 1.29 is 22.4 Å². The molecule has 1 aliphatic rings. The number of rotatable bonds is 6. The Morgan fingerprint density at radius 2 is 1.89 bits per heavy atom. The molecule has 1 saturated heterocycles. The van der Waals surface area contributed by atoms with Gasteiger partial charge in [0.1, 0.15) is 11.8 Å². The van der Waals surface area contributed by atoms with E-state index < -0.39 is 11.7 Å². The smallest absolute Gasteiger partial charge is 0.416 e. The number of alkyl halides is 3. The predicted molar refractivity (Wildman–Crippen MR) is 128 cm³/mol. The molecule has 36 heavy (non-hydrogen) atoms. The van der Waals surface area contributed by atoms with E-state index in [1.807, 2.05) is 30.3 Å². The molecule has 1 atom stereocenters. The number of nitrogens with one attached hydrogen (secondary N) is 1. The fraction of sp³-hybridized carbons (Fsp3) is 0.269. The van der Waals surface area contributed by atoms with Gasteiger partial charge in [-0.25, -0.2) is 0 Å². The molecule has 10 heteroatoms. The first-order valence-electron chi connectivity index (χ1n) is 11.6. The average molecular weight is 496 g/mol. The zero-order valence-electron chi connectivity index (χ0n) is 19.3. The van der Waals surface area contributed by atoms with Gasteiger partial charge in [-0.3, -0.25) is 5.41 Å². The number of guanidine groups is 1. The van der Waals surface area contributed by atoms with Crippen LogP contribution < -0.4 is 10.5 Å². The minimum Gasteiger partial charge on any atom is -0.493 e. The summed E-state index contributed by atoms with van der Waals surface area (Å²) in [4.78, 5) is 6.29. The van der Waals surface area contributed by atoms with Crippen LogP contribution in [0.5, 0.6) is 5.75 Å². The van der Waals surface area contributed by atoms with Gasteiger partial charge in [-0.15, -0.1) is 0 Å². The summed E-state index contributed by atoms with van der Waals surface area (Å²) in [6.07, 6.45) is -2.55. The molecular formula is C26H24F3N5O2. The van der Waals surface area contributed by atoms with Crippen molar-refractivity contribution >= 4 is 16.7 Å². The lowest BCUT2D eigenvalue weighted by Crippen LogP contribution is -2.35. The highest BCUT2D eigenvalue weighted by Gasteiger charge is 2.33. The van der Waals surface area contributed by atoms with Crippen LogP contribution in [-0.2, 0) is 12.6 Å². The molecule has 7 nitrogen and oxygen atoms in total. The Bertz CT molecular complexity index is 1400. The summed E-state index contributed by atoms with van der Waals surface area (Å²) in [5, 5.41) is 13.7. The number of hydrogen-bond donors (Lipinski definition) is 2. The topological polar surface area (TPSA) is 101 Å². The molecule has 5 rings (SSSR count). The normalized spacial score (nSPS) is 16.0. The van der Waals surface area contributed by atoms with Gasteiger partial charge < -0.3 is 19.9 Å². The largest absolute Gasteiger partial charge is 0.493 e. The second-order valence-electron chi connectivity index (χ2n) is 8.67. The lowest BCUT2D eigenvalue weighted by atomic mass is 10.0. The van der Waals surface area contributed by atoms with E-state index in [2.05, 4.69) is 10.1 Å². The molecule has 2 heterocycles. The molecule has 0 saturated carbocycles. The standard InChI is InChI=1S/C26H24F3N5O2/c27-26(28,29)21-5-2-1-4-16(21)11-13-35-20-10-9-17-14-19(8-7-18(17)15-20)23-32-24(36-33-23)22-6-3-12-34(22)25(30)31/h1-2,4-5,7-10,14-15,22H,3,6,11-13H2,(H3,30,31). The second-order valence-corrected chi connectivity index (χ2v) is 8.67. The number of halogens is 3. The van der Waals surface area contributed by atoms with E-state index in [4.69, 9.17) is 20.4 Å². The maximum atomic E-state index is 13.2. The third-order valence-electron chi connectivity index (χ3n) is 6.32. The summed E-state index contributed by atoms with van der Waals surface area (Å²) >= 11 is 0. The molecule has 1 fully saturated rings. The predicted octanol–water partition coefficient (Wildman–Crippen LogP) is 5.56. The molecule has 1 aromatic heterocycles. The lowest BCUT2D eigenvalue weighted by Gasteiger charge is -2.21. The van der Waals surface area contributed by atoms with Gasteiger partial charge in [0.05, 0.1) is 12.2 Å². The number of benzene rings is 3. The molecule has 1 unspecified atom stereocenters. The number of fused-ring (bicyclic) bond motifs is 1. The van der Waals surface area contributed by atoms with Crippen LogP contribution in [-0.4, -0.2) is 34.2 Å². The zero-order valence-corrected chi connectivity index (χ0v) is 19.3. The van der Waals surface area contributed by atoms with E-state index in [9.17, 15) is 13.2 Å². The van der Waals surface area contributed by atoms with Crippen molar-refractivity contribution in [3.63, 3.8) is 0 Å². The van der Waals surface area contributed by atoms with Crippen LogP contribution in [0.4, 0.5) is 13.2 Å². The maximum absolute atomic E-state index is 13.2. The van der Waals surface area contributed by atoms with Gasteiger partial charge >= 0.3 is 6.18 Å².